The molecule has 0 aliphatic rings. The quantitative estimate of drug-likeness (QED) is 0.603. The van der Waals surface area contributed by atoms with Gasteiger partial charge in [-0.2, -0.15) is 0 Å². The summed E-state index contributed by atoms with van der Waals surface area (Å²) in [5, 5.41) is 11.9. The topological polar surface area (TPSA) is 60.9 Å². The summed E-state index contributed by atoms with van der Waals surface area (Å²) in [5.41, 5.74) is 0.634. The normalized spacial score (nSPS) is 10.5. The van der Waals surface area contributed by atoms with E-state index in [1.54, 1.807) is 36.2 Å². The molecular formula is C14H20N2O3. The van der Waals surface area contributed by atoms with Gasteiger partial charge in [-0.15, -0.1) is 0 Å². The highest BCUT2D eigenvalue weighted by Crippen LogP contribution is 2.08. The molecule has 0 unspecified atom stereocenters. The number of benzene rings is 1. The third-order valence-corrected chi connectivity index (χ3v) is 2.75. The summed E-state index contributed by atoms with van der Waals surface area (Å²) in [4.78, 5) is 22.7. The molecule has 5 heteroatoms. The SMILES string of the molecule is CN(C)N(CCCCC(=O)O)C(=O)c1ccccc1. The van der Waals surface area contributed by atoms with Crippen LogP contribution in [0.4, 0.5) is 0 Å². The number of carboxylic acids is 1. The molecule has 1 amide bonds. The lowest BCUT2D eigenvalue weighted by Crippen LogP contribution is -2.42. The van der Waals surface area contributed by atoms with Crippen LogP contribution in [0.1, 0.15) is 29.6 Å². The molecule has 0 aliphatic carbocycles. The summed E-state index contributed by atoms with van der Waals surface area (Å²) >= 11 is 0. The van der Waals surface area contributed by atoms with Crippen molar-refractivity contribution in [3.05, 3.63) is 35.9 Å². The van der Waals surface area contributed by atoms with Crippen LogP contribution in [0.3, 0.4) is 0 Å². The molecule has 0 heterocycles. The van der Waals surface area contributed by atoms with Crippen LogP contribution in [0.25, 0.3) is 0 Å². The molecule has 1 aromatic carbocycles. The van der Waals surface area contributed by atoms with Crippen molar-refractivity contribution in [2.24, 2.45) is 0 Å². The number of hydrogen-bond donors (Lipinski definition) is 1. The monoisotopic (exact) mass is 264 g/mol. The summed E-state index contributed by atoms with van der Waals surface area (Å²) in [6.07, 6.45) is 1.38. The number of nitrogens with zero attached hydrogens (tertiary/aromatic N) is 2. The highest BCUT2D eigenvalue weighted by Gasteiger charge is 2.17. The van der Waals surface area contributed by atoms with Gasteiger partial charge in [0.2, 0.25) is 0 Å². The van der Waals surface area contributed by atoms with Crippen molar-refractivity contribution < 1.29 is 14.7 Å². The van der Waals surface area contributed by atoms with E-state index in [0.29, 0.717) is 24.9 Å². The molecule has 0 fully saturated rings. The van der Waals surface area contributed by atoms with Gasteiger partial charge < -0.3 is 5.11 Å². The fourth-order valence-corrected chi connectivity index (χ4v) is 1.75. The van der Waals surface area contributed by atoms with Crippen LogP contribution < -0.4 is 0 Å². The van der Waals surface area contributed by atoms with E-state index in [-0.39, 0.29) is 12.3 Å². The van der Waals surface area contributed by atoms with E-state index in [9.17, 15) is 9.59 Å². The van der Waals surface area contributed by atoms with E-state index in [2.05, 4.69) is 0 Å². The van der Waals surface area contributed by atoms with E-state index in [1.165, 1.54) is 0 Å². The Balaban J connectivity index is 2.57. The summed E-state index contributed by atoms with van der Waals surface area (Å²) in [6.45, 7) is 0.522. The number of unbranched alkanes of at least 4 members (excludes halogenated alkanes) is 1. The maximum absolute atomic E-state index is 12.3. The first-order chi connectivity index (χ1) is 9.02. The highest BCUT2D eigenvalue weighted by molar-refractivity contribution is 5.93. The Labute approximate surface area is 113 Å². The maximum atomic E-state index is 12.3. The Morgan fingerprint density at radius 2 is 1.74 bits per heavy atom. The Morgan fingerprint density at radius 1 is 1.11 bits per heavy atom. The second-order valence-electron chi connectivity index (χ2n) is 4.49. The van der Waals surface area contributed by atoms with Gasteiger partial charge >= 0.3 is 5.97 Å². The minimum Gasteiger partial charge on any atom is -0.481 e. The van der Waals surface area contributed by atoms with E-state index in [1.807, 2.05) is 18.2 Å². The smallest absolute Gasteiger partial charge is 0.303 e. The van der Waals surface area contributed by atoms with Gasteiger partial charge in [0.05, 0.1) is 0 Å². The van der Waals surface area contributed by atoms with Gasteiger partial charge in [-0.3, -0.25) is 14.6 Å². The third-order valence-electron chi connectivity index (χ3n) is 2.75. The molecule has 1 rings (SSSR count). The van der Waals surface area contributed by atoms with Gasteiger partial charge in [0.1, 0.15) is 0 Å². The molecule has 1 aromatic rings. The average Bonchev–Trinajstić information content (AvgIpc) is 2.38. The standard InChI is InChI=1S/C14H20N2O3/c1-15(2)16(11-7-6-10-13(17)18)14(19)12-8-4-3-5-9-12/h3-5,8-9H,6-7,10-11H2,1-2H3,(H,17,18). The molecule has 0 saturated carbocycles. The van der Waals surface area contributed by atoms with Gasteiger partial charge in [0.25, 0.3) is 5.91 Å². The number of carbonyl (C=O) groups excluding carboxylic acids is 1. The largest absolute Gasteiger partial charge is 0.481 e. The van der Waals surface area contributed by atoms with Crippen LogP contribution in [0.5, 0.6) is 0 Å². The second kappa shape index (κ2) is 7.53. The van der Waals surface area contributed by atoms with Crippen molar-refractivity contribution in [1.29, 1.82) is 0 Å². The minimum atomic E-state index is -0.800. The Morgan fingerprint density at radius 3 is 2.26 bits per heavy atom. The first-order valence-corrected chi connectivity index (χ1v) is 6.28. The zero-order chi connectivity index (χ0) is 14.3. The van der Waals surface area contributed by atoms with Gasteiger partial charge in [-0.05, 0) is 25.0 Å². The molecule has 1 N–H and O–H groups in total. The summed E-state index contributed by atoms with van der Waals surface area (Å²) < 4.78 is 0. The first-order valence-electron chi connectivity index (χ1n) is 6.28. The molecule has 0 radical (unpaired) electrons. The first kappa shape index (κ1) is 15.2. The van der Waals surface area contributed by atoms with Crippen LogP contribution in [0, 0.1) is 0 Å². The molecular weight excluding hydrogens is 244 g/mol. The van der Waals surface area contributed by atoms with E-state index < -0.39 is 5.97 Å². The molecule has 104 valence electrons. The maximum Gasteiger partial charge on any atom is 0.303 e. The van der Waals surface area contributed by atoms with Crippen LogP contribution in [-0.2, 0) is 4.79 Å². The number of hydrazine groups is 1. The van der Waals surface area contributed by atoms with Crippen molar-refractivity contribution >= 4 is 11.9 Å². The fraction of sp³-hybridized carbons (Fsp3) is 0.429. The second-order valence-corrected chi connectivity index (χ2v) is 4.49. The molecule has 0 saturated heterocycles. The molecule has 0 bridgehead atoms. The van der Waals surface area contributed by atoms with Crippen molar-refractivity contribution in [3.8, 4) is 0 Å². The van der Waals surface area contributed by atoms with E-state index in [0.717, 1.165) is 0 Å². The lowest BCUT2D eigenvalue weighted by molar-refractivity contribution is -0.137. The predicted molar refractivity (Wildman–Crippen MR) is 72.7 cm³/mol. The summed E-state index contributed by atoms with van der Waals surface area (Å²) in [7, 11) is 3.61. The van der Waals surface area contributed by atoms with Gasteiger partial charge in [0.15, 0.2) is 0 Å². The lowest BCUT2D eigenvalue weighted by atomic mass is 10.2. The molecule has 19 heavy (non-hydrogen) atoms. The zero-order valence-corrected chi connectivity index (χ0v) is 11.4. The van der Waals surface area contributed by atoms with Crippen molar-refractivity contribution in [2.75, 3.05) is 20.6 Å². The van der Waals surface area contributed by atoms with Crippen molar-refractivity contribution in [2.45, 2.75) is 19.3 Å². The number of amides is 1. The number of hydrogen-bond acceptors (Lipinski definition) is 3. The molecule has 5 nitrogen and oxygen atoms in total. The molecule has 0 spiro atoms. The van der Waals surface area contributed by atoms with Crippen molar-refractivity contribution in [3.63, 3.8) is 0 Å². The Hall–Kier alpha value is -1.88. The minimum absolute atomic E-state index is 0.0686. The van der Waals surface area contributed by atoms with Gasteiger partial charge in [-0.25, -0.2) is 5.01 Å². The molecule has 0 aliphatic heterocycles. The summed E-state index contributed by atoms with van der Waals surface area (Å²) in [5.74, 6) is -0.869. The van der Waals surface area contributed by atoms with Gasteiger partial charge in [-0.1, -0.05) is 18.2 Å². The van der Waals surface area contributed by atoms with Crippen LogP contribution in [0.2, 0.25) is 0 Å². The third kappa shape index (κ3) is 5.09. The van der Waals surface area contributed by atoms with Crippen LogP contribution in [-0.4, -0.2) is 47.6 Å². The fourth-order valence-electron chi connectivity index (χ4n) is 1.75. The lowest BCUT2D eigenvalue weighted by Gasteiger charge is -2.29. The Bertz CT molecular complexity index is 418. The van der Waals surface area contributed by atoms with Crippen molar-refractivity contribution in [1.82, 2.24) is 10.0 Å². The average molecular weight is 264 g/mol. The van der Waals surface area contributed by atoms with E-state index in [4.69, 9.17) is 5.11 Å². The number of aliphatic carboxylic acids is 1. The number of carbonyl (C=O) groups is 2. The van der Waals surface area contributed by atoms with Crippen LogP contribution >= 0.6 is 0 Å². The van der Waals surface area contributed by atoms with Crippen LogP contribution in [0.15, 0.2) is 30.3 Å². The number of rotatable bonds is 7. The summed E-state index contributed by atoms with van der Waals surface area (Å²) in [6, 6.07) is 9.06. The van der Waals surface area contributed by atoms with Gasteiger partial charge in [0, 0.05) is 32.6 Å². The molecule has 0 aromatic heterocycles. The number of carboxylic acid groups (broad SMARTS) is 1. The van der Waals surface area contributed by atoms with E-state index >= 15 is 0 Å². The molecule has 0 atom stereocenters. The zero-order valence-electron chi connectivity index (χ0n) is 11.4. The predicted octanol–water partition coefficient (Wildman–Crippen LogP) is 1.86. The highest BCUT2D eigenvalue weighted by atomic mass is 16.4. The Kier molecular flexibility index (Phi) is 6.02.